The van der Waals surface area contributed by atoms with Gasteiger partial charge in [0.05, 0.1) is 0 Å². The van der Waals surface area contributed by atoms with Gasteiger partial charge in [-0.1, -0.05) is 30.4 Å². The van der Waals surface area contributed by atoms with Crippen LogP contribution in [-0.2, 0) is 13.1 Å². The second-order valence-corrected chi connectivity index (χ2v) is 8.32. The summed E-state index contributed by atoms with van der Waals surface area (Å²) >= 11 is 1.84. The molecule has 0 amide bonds. The van der Waals surface area contributed by atoms with Gasteiger partial charge in [0.15, 0.2) is 5.96 Å². The van der Waals surface area contributed by atoms with Crippen molar-refractivity contribution in [2.75, 3.05) is 51.2 Å². The van der Waals surface area contributed by atoms with E-state index in [4.69, 9.17) is 0 Å². The molecule has 0 spiro atoms. The number of hydrogen-bond donors (Lipinski definition) is 1. The zero-order valence-corrected chi connectivity index (χ0v) is 20.1. The number of benzene rings is 1. The van der Waals surface area contributed by atoms with Crippen molar-refractivity contribution in [1.29, 1.82) is 0 Å². The highest BCUT2D eigenvalue weighted by molar-refractivity contribution is 14.0. The van der Waals surface area contributed by atoms with Crippen LogP contribution in [-0.4, -0.2) is 62.1 Å². The summed E-state index contributed by atoms with van der Waals surface area (Å²) in [5.74, 6) is 1.00. The maximum Gasteiger partial charge on any atom is 0.194 e. The topological polar surface area (TPSA) is 34.1 Å². The summed E-state index contributed by atoms with van der Waals surface area (Å²) in [6.45, 7) is 8.11. The molecule has 7 heteroatoms. The van der Waals surface area contributed by atoms with Crippen molar-refractivity contribution in [2.24, 2.45) is 4.99 Å². The molecule has 0 aliphatic carbocycles. The van der Waals surface area contributed by atoms with E-state index < -0.39 is 0 Å². The van der Waals surface area contributed by atoms with Gasteiger partial charge in [0.1, 0.15) is 0 Å². The second kappa shape index (κ2) is 11.0. The van der Waals surface area contributed by atoms with Crippen LogP contribution in [0.2, 0.25) is 0 Å². The molecule has 156 valence electrons. The van der Waals surface area contributed by atoms with Gasteiger partial charge in [-0.05, 0) is 29.1 Å². The molecule has 1 saturated heterocycles. The Balaban J connectivity index is 0.00000240. The van der Waals surface area contributed by atoms with Gasteiger partial charge in [0.2, 0.25) is 0 Å². The van der Waals surface area contributed by atoms with Crippen LogP contribution in [0.15, 0.2) is 58.9 Å². The lowest BCUT2D eigenvalue weighted by molar-refractivity contribution is 0.173. The van der Waals surface area contributed by atoms with Gasteiger partial charge in [-0.2, -0.15) is 0 Å². The minimum absolute atomic E-state index is 0. The van der Waals surface area contributed by atoms with Crippen LogP contribution in [0.3, 0.4) is 0 Å². The van der Waals surface area contributed by atoms with Crippen molar-refractivity contribution in [3.05, 3.63) is 64.4 Å². The number of nitrogens with one attached hydrogen (secondary N) is 1. The van der Waals surface area contributed by atoms with Crippen LogP contribution in [0, 0.1) is 0 Å². The van der Waals surface area contributed by atoms with E-state index in [9.17, 15) is 0 Å². The third-order valence-electron chi connectivity index (χ3n) is 5.41. The molecule has 5 nitrogen and oxygen atoms in total. The molecule has 1 aromatic heterocycles. The van der Waals surface area contributed by atoms with E-state index in [2.05, 4.69) is 78.9 Å². The molecule has 2 aliphatic rings. The Hall–Kier alpha value is -1.58. The van der Waals surface area contributed by atoms with E-state index in [0.29, 0.717) is 0 Å². The average Bonchev–Trinajstić information content (AvgIpc) is 3.44. The molecular formula is C22H30IN5S. The summed E-state index contributed by atoms with van der Waals surface area (Å²) < 4.78 is 0. The first-order valence-corrected chi connectivity index (χ1v) is 10.9. The highest BCUT2D eigenvalue weighted by Gasteiger charge is 2.19. The Morgan fingerprint density at radius 2 is 1.76 bits per heavy atom. The fraction of sp³-hybridized carbons (Fsp3) is 0.409. The molecule has 3 heterocycles. The van der Waals surface area contributed by atoms with Gasteiger partial charge < -0.3 is 15.1 Å². The van der Waals surface area contributed by atoms with Crippen molar-refractivity contribution in [3.63, 3.8) is 0 Å². The fourth-order valence-electron chi connectivity index (χ4n) is 3.77. The standard InChI is InChI=1S/C22H29N5S.HI/c1-23-22(27-14-12-25(13-15-27)18-21-5-4-16-28-21)24-17-19-6-8-20(9-7-19)26-10-2-3-11-26;/h2-9,16H,10-15,17-18H2,1H3,(H,23,24);1H. The summed E-state index contributed by atoms with van der Waals surface area (Å²) in [6, 6.07) is 13.2. The normalized spacial score (nSPS) is 17.5. The summed E-state index contributed by atoms with van der Waals surface area (Å²) in [4.78, 5) is 13.2. The molecule has 0 radical (unpaired) electrons. The lowest BCUT2D eigenvalue weighted by Gasteiger charge is -2.36. The highest BCUT2D eigenvalue weighted by atomic mass is 127. The quantitative estimate of drug-likeness (QED) is 0.281. The lowest BCUT2D eigenvalue weighted by atomic mass is 10.2. The number of nitrogens with zero attached hydrogens (tertiary/aromatic N) is 4. The van der Waals surface area contributed by atoms with Gasteiger partial charge in [-0.3, -0.25) is 9.89 Å². The maximum atomic E-state index is 4.51. The molecule has 0 unspecified atom stereocenters. The Morgan fingerprint density at radius 1 is 1.03 bits per heavy atom. The van der Waals surface area contributed by atoms with Crippen molar-refractivity contribution >= 4 is 47.0 Å². The van der Waals surface area contributed by atoms with E-state index in [-0.39, 0.29) is 24.0 Å². The zero-order chi connectivity index (χ0) is 19.2. The lowest BCUT2D eigenvalue weighted by Crippen LogP contribution is -2.51. The number of anilines is 1. The number of halogens is 1. The molecule has 29 heavy (non-hydrogen) atoms. The van der Waals surface area contributed by atoms with Crippen LogP contribution in [0.4, 0.5) is 5.69 Å². The summed E-state index contributed by atoms with van der Waals surface area (Å²) in [7, 11) is 1.88. The molecule has 1 aromatic carbocycles. The molecule has 0 bridgehead atoms. The van der Waals surface area contributed by atoms with Gasteiger partial charge in [0.25, 0.3) is 0 Å². The first-order valence-electron chi connectivity index (χ1n) is 10.0. The minimum Gasteiger partial charge on any atom is -0.364 e. The van der Waals surface area contributed by atoms with Gasteiger partial charge in [0, 0.05) is 70.0 Å². The second-order valence-electron chi connectivity index (χ2n) is 7.29. The largest absolute Gasteiger partial charge is 0.364 e. The van der Waals surface area contributed by atoms with Crippen LogP contribution < -0.4 is 10.2 Å². The first-order chi connectivity index (χ1) is 13.8. The van der Waals surface area contributed by atoms with Crippen LogP contribution in [0.1, 0.15) is 10.4 Å². The molecule has 0 atom stereocenters. The van der Waals surface area contributed by atoms with E-state index in [1.165, 1.54) is 16.1 Å². The van der Waals surface area contributed by atoms with Crippen molar-refractivity contribution in [3.8, 4) is 0 Å². The molecule has 4 rings (SSSR count). The molecule has 1 fully saturated rings. The third-order valence-corrected chi connectivity index (χ3v) is 6.27. The fourth-order valence-corrected chi connectivity index (χ4v) is 4.51. The van der Waals surface area contributed by atoms with Gasteiger partial charge >= 0.3 is 0 Å². The van der Waals surface area contributed by atoms with E-state index in [0.717, 1.165) is 58.3 Å². The number of thiophene rings is 1. The van der Waals surface area contributed by atoms with E-state index >= 15 is 0 Å². The number of rotatable bonds is 5. The molecule has 2 aliphatic heterocycles. The summed E-state index contributed by atoms with van der Waals surface area (Å²) in [6.07, 6.45) is 4.44. The smallest absolute Gasteiger partial charge is 0.194 e. The Labute approximate surface area is 195 Å². The van der Waals surface area contributed by atoms with Crippen molar-refractivity contribution < 1.29 is 0 Å². The van der Waals surface area contributed by atoms with Crippen LogP contribution in [0.25, 0.3) is 0 Å². The van der Waals surface area contributed by atoms with E-state index in [1.54, 1.807) is 0 Å². The number of guanidine groups is 1. The van der Waals surface area contributed by atoms with Gasteiger partial charge in [-0.25, -0.2) is 0 Å². The first kappa shape index (κ1) is 22.1. The Bertz CT molecular complexity index is 787. The SMILES string of the molecule is CN=C(NCc1ccc(N2CC=CC2)cc1)N1CCN(Cc2cccs2)CC1.I. The Kier molecular flexibility index (Phi) is 8.38. The third kappa shape index (κ3) is 5.96. The van der Waals surface area contributed by atoms with Crippen molar-refractivity contribution in [1.82, 2.24) is 15.1 Å². The molecule has 1 N–H and O–H groups in total. The summed E-state index contributed by atoms with van der Waals surface area (Å²) in [5.41, 5.74) is 2.58. The molecule has 0 saturated carbocycles. The predicted octanol–water partition coefficient (Wildman–Crippen LogP) is 3.64. The molecular weight excluding hydrogens is 493 g/mol. The van der Waals surface area contributed by atoms with Crippen molar-refractivity contribution in [2.45, 2.75) is 13.1 Å². The number of aliphatic imine (C=N–C) groups is 1. The monoisotopic (exact) mass is 523 g/mol. The Morgan fingerprint density at radius 3 is 2.38 bits per heavy atom. The zero-order valence-electron chi connectivity index (χ0n) is 17.0. The van der Waals surface area contributed by atoms with E-state index in [1.807, 2.05) is 18.4 Å². The number of piperazine rings is 1. The minimum atomic E-state index is 0. The average molecular weight is 523 g/mol. The maximum absolute atomic E-state index is 4.51. The van der Waals surface area contributed by atoms with Gasteiger partial charge in [-0.15, -0.1) is 35.3 Å². The van der Waals surface area contributed by atoms with Crippen LogP contribution in [0.5, 0.6) is 0 Å². The molecule has 2 aromatic rings. The number of hydrogen-bond acceptors (Lipinski definition) is 4. The van der Waals surface area contributed by atoms with Crippen LogP contribution >= 0.6 is 35.3 Å². The predicted molar refractivity (Wildman–Crippen MR) is 135 cm³/mol. The highest BCUT2D eigenvalue weighted by Crippen LogP contribution is 2.18. The summed E-state index contributed by atoms with van der Waals surface area (Å²) in [5, 5.41) is 5.70.